The number of rotatable bonds is 3. The maximum atomic E-state index is 13.3. The monoisotopic (exact) mass is 405 g/mol. The fourth-order valence-electron chi connectivity index (χ4n) is 4.96. The Kier molecular flexibility index (Phi) is 4.75. The Morgan fingerprint density at radius 3 is 2.67 bits per heavy atom. The molecule has 3 aliphatic rings. The lowest BCUT2D eigenvalue weighted by Gasteiger charge is -2.38. The van der Waals surface area contributed by atoms with Crippen molar-refractivity contribution in [1.29, 1.82) is 0 Å². The summed E-state index contributed by atoms with van der Waals surface area (Å²) < 4.78 is 5.38. The van der Waals surface area contributed by atoms with Gasteiger partial charge in [0, 0.05) is 25.1 Å². The number of hydrogen-bond acceptors (Lipinski definition) is 5. The predicted octanol–water partition coefficient (Wildman–Crippen LogP) is 3.89. The maximum Gasteiger partial charge on any atom is 0.274 e. The number of fused-ring (bicyclic) bond motifs is 3. The second kappa shape index (κ2) is 7.57. The molecule has 154 valence electrons. The molecule has 2 heterocycles. The molecular formula is C23H23N3O4. The normalized spacial score (nSPS) is 24.7. The lowest BCUT2D eigenvalue weighted by Crippen LogP contribution is -2.41. The highest BCUT2D eigenvalue weighted by Crippen LogP contribution is 2.51. The number of nitro groups is 1. The summed E-state index contributed by atoms with van der Waals surface area (Å²) in [5.41, 5.74) is 3.28. The Labute approximate surface area is 174 Å². The summed E-state index contributed by atoms with van der Waals surface area (Å²) in [6, 6.07) is 12.5. The van der Waals surface area contributed by atoms with Gasteiger partial charge in [0.25, 0.3) is 11.6 Å². The van der Waals surface area contributed by atoms with Gasteiger partial charge in [-0.15, -0.1) is 0 Å². The lowest BCUT2D eigenvalue weighted by molar-refractivity contribution is -0.385. The van der Waals surface area contributed by atoms with E-state index < -0.39 is 0 Å². The minimum absolute atomic E-state index is 0.0237. The molecule has 0 spiro atoms. The first-order valence-corrected chi connectivity index (χ1v) is 10.3. The SMILES string of the molecule is O=C(c1cccc2c1NC(c1ccccc1[N+](=O)[O-])C1CC=CC21)N1CCOCC1. The number of para-hydroxylation sites is 2. The molecule has 3 atom stereocenters. The molecule has 1 amide bonds. The summed E-state index contributed by atoms with van der Waals surface area (Å²) in [6.45, 7) is 2.23. The first-order valence-electron chi connectivity index (χ1n) is 10.3. The van der Waals surface area contributed by atoms with E-state index in [0.717, 1.165) is 17.7 Å². The van der Waals surface area contributed by atoms with Crippen LogP contribution in [0.1, 0.15) is 39.9 Å². The summed E-state index contributed by atoms with van der Waals surface area (Å²) in [7, 11) is 0. The Balaban J connectivity index is 1.59. The van der Waals surface area contributed by atoms with Gasteiger partial charge in [0.05, 0.1) is 41.0 Å². The summed E-state index contributed by atoms with van der Waals surface area (Å²) in [5, 5.41) is 15.2. The number of nitro benzene ring substituents is 1. The third-order valence-corrected chi connectivity index (χ3v) is 6.39. The van der Waals surface area contributed by atoms with E-state index in [0.29, 0.717) is 37.4 Å². The van der Waals surface area contributed by atoms with Gasteiger partial charge in [0.15, 0.2) is 0 Å². The number of benzene rings is 2. The van der Waals surface area contributed by atoms with Crippen molar-refractivity contribution in [3.8, 4) is 0 Å². The van der Waals surface area contributed by atoms with Crippen molar-refractivity contribution in [3.05, 3.63) is 81.4 Å². The number of morpholine rings is 1. The second-order valence-electron chi connectivity index (χ2n) is 7.97. The topological polar surface area (TPSA) is 84.7 Å². The van der Waals surface area contributed by atoms with Crippen LogP contribution in [0.2, 0.25) is 0 Å². The van der Waals surface area contributed by atoms with Crippen molar-refractivity contribution in [2.24, 2.45) is 5.92 Å². The zero-order valence-electron chi connectivity index (χ0n) is 16.5. The standard InChI is InChI=1S/C23H23N3O4/c27-23(25-11-13-30-14-12-25)19-9-4-8-17-15-6-3-7-16(15)21(24-22(17)19)18-5-1-2-10-20(18)26(28)29/h1-6,8-10,15-16,21,24H,7,11-14H2. The average Bonchev–Trinajstić information content (AvgIpc) is 3.28. The first-order chi connectivity index (χ1) is 14.6. The number of nitrogens with one attached hydrogen (secondary N) is 1. The lowest BCUT2D eigenvalue weighted by atomic mass is 9.76. The number of carbonyl (C=O) groups is 1. The van der Waals surface area contributed by atoms with Crippen molar-refractivity contribution < 1.29 is 14.5 Å². The second-order valence-corrected chi connectivity index (χ2v) is 7.97. The summed E-state index contributed by atoms with van der Waals surface area (Å²) in [4.78, 5) is 26.5. The molecule has 0 aromatic heterocycles. The van der Waals surface area contributed by atoms with Crippen LogP contribution >= 0.6 is 0 Å². The maximum absolute atomic E-state index is 13.3. The third-order valence-electron chi connectivity index (χ3n) is 6.39. The summed E-state index contributed by atoms with van der Waals surface area (Å²) >= 11 is 0. The molecule has 7 nitrogen and oxygen atoms in total. The van der Waals surface area contributed by atoms with E-state index in [1.54, 1.807) is 12.1 Å². The molecule has 0 bridgehead atoms. The van der Waals surface area contributed by atoms with Crippen LogP contribution in [0.3, 0.4) is 0 Å². The number of nitrogens with zero attached hydrogens (tertiary/aromatic N) is 2. The van der Waals surface area contributed by atoms with Crippen molar-refractivity contribution >= 4 is 17.3 Å². The van der Waals surface area contributed by atoms with Gasteiger partial charge in [-0.2, -0.15) is 0 Å². The van der Waals surface area contributed by atoms with Crippen LogP contribution in [-0.4, -0.2) is 42.0 Å². The van der Waals surface area contributed by atoms with E-state index in [1.807, 2.05) is 29.2 Å². The van der Waals surface area contributed by atoms with Gasteiger partial charge in [-0.3, -0.25) is 14.9 Å². The third kappa shape index (κ3) is 3.06. The molecule has 1 fully saturated rings. The van der Waals surface area contributed by atoms with Crippen LogP contribution in [0.15, 0.2) is 54.6 Å². The molecule has 2 aromatic rings. The number of hydrogen-bond donors (Lipinski definition) is 1. The quantitative estimate of drug-likeness (QED) is 0.476. The fourth-order valence-corrected chi connectivity index (χ4v) is 4.96. The Hall–Kier alpha value is -3.19. The van der Waals surface area contributed by atoms with Gasteiger partial charge in [-0.1, -0.05) is 42.5 Å². The van der Waals surface area contributed by atoms with Gasteiger partial charge in [-0.25, -0.2) is 0 Å². The number of amides is 1. The highest BCUT2D eigenvalue weighted by molar-refractivity contribution is 6.01. The van der Waals surface area contributed by atoms with Gasteiger partial charge >= 0.3 is 0 Å². The average molecular weight is 405 g/mol. The largest absolute Gasteiger partial charge is 0.378 e. The molecule has 5 rings (SSSR count). The van der Waals surface area contributed by atoms with Crippen LogP contribution in [0.4, 0.5) is 11.4 Å². The minimum atomic E-state index is -0.325. The van der Waals surface area contributed by atoms with E-state index in [1.165, 1.54) is 0 Å². The van der Waals surface area contributed by atoms with Crippen LogP contribution < -0.4 is 5.32 Å². The smallest absolute Gasteiger partial charge is 0.274 e. The van der Waals surface area contributed by atoms with Gasteiger partial charge in [0.1, 0.15) is 0 Å². The molecule has 0 saturated carbocycles. The highest BCUT2D eigenvalue weighted by atomic mass is 16.6. The molecule has 7 heteroatoms. The molecule has 30 heavy (non-hydrogen) atoms. The fraction of sp³-hybridized carbons (Fsp3) is 0.348. The Morgan fingerprint density at radius 2 is 1.87 bits per heavy atom. The number of carbonyl (C=O) groups excluding carboxylic acids is 1. The molecule has 1 N–H and O–H groups in total. The van der Waals surface area contributed by atoms with E-state index in [2.05, 4.69) is 23.5 Å². The molecule has 2 aliphatic heterocycles. The molecule has 1 saturated heterocycles. The Morgan fingerprint density at radius 1 is 1.10 bits per heavy atom. The van der Waals surface area contributed by atoms with Crippen LogP contribution in [0, 0.1) is 16.0 Å². The number of ether oxygens (including phenoxy) is 1. The molecule has 0 radical (unpaired) electrons. The minimum Gasteiger partial charge on any atom is -0.378 e. The molecular weight excluding hydrogens is 382 g/mol. The van der Waals surface area contributed by atoms with E-state index in [-0.39, 0.29) is 34.4 Å². The molecule has 1 aliphatic carbocycles. The van der Waals surface area contributed by atoms with E-state index >= 15 is 0 Å². The van der Waals surface area contributed by atoms with Crippen molar-refractivity contribution in [2.75, 3.05) is 31.6 Å². The summed E-state index contributed by atoms with van der Waals surface area (Å²) in [5.74, 6) is 0.278. The zero-order valence-corrected chi connectivity index (χ0v) is 16.5. The van der Waals surface area contributed by atoms with Crippen LogP contribution in [0.25, 0.3) is 0 Å². The van der Waals surface area contributed by atoms with Crippen LogP contribution in [-0.2, 0) is 4.74 Å². The van der Waals surface area contributed by atoms with E-state index in [4.69, 9.17) is 4.74 Å². The predicted molar refractivity (Wildman–Crippen MR) is 113 cm³/mol. The van der Waals surface area contributed by atoms with Gasteiger partial charge < -0.3 is 15.0 Å². The Bertz CT molecular complexity index is 1030. The molecule has 2 aromatic carbocycles. The highest BCUT2D eigenvalue weighted by Gasteiger charge is 2.41. The zero-order chi connectivity index (χ0) is 20.7. The van der Waals surface area contributed by atoms with Crippen molar-refractivity contribution in [2.45, 2.75) is 18.4 Å². The van der Waals surface area contributed by atoms with Gasteiger partial charge in [0.2, 0.25) is 0 Å². The first kappa shape index (κ1) is 18.8. The van der Waals surface area contributed by atoms with Crippen LogP contribution in [0.5, 0.6) is 0 Å². The van der Waals surface area contributed by atoms with Crippen molar-refractivity contribution in [3.63, 3.8) is 0 Å². The molecule has 3 unspecified atom stereocenters. The number of allylic oxidation sites excluding steroid dienone is 2. The number of anilines is 1. The summed E-state index contributed by atoms with van der Waals surface area (Å²) in [6.07, 6.45) is 5.16. The van der Waals surface area contributed by atoms with Gasteiger partial charge in [-0.05, 0) is 24.0 Å². The van der Waals surface area contributed by atoms with Crippen molar-refractivity contribution in [1.82, 2.24) is 4.90 Å². The van der Waals surface area contributed by atoms with E-state index in [9.17, 15) is 14.9 Å².